The number of hydrogen-bond donors (Lipinski definition) is 2. The minimum atomic E-state index is -0.576. The second-order valence-electron chi connectivity index (χ2n) is 8.27. The van der Waals surface area contributed by atoms with E-state index in [1.807, 2.05) is 44.3 Å². The lowest BCUT2D eigenvalue weighted by atomic mass is 10.1. The van der Waals surface area contributed by atoms with Gasteiger partial charge in [-0.15, -0.1) is 0 Å². The van der Waals surface area contributed by atoms with Gasteiger partial charge >= 0.3 is 0 Å². The summed E-state index contributed by atoms with van der Waals surface area (Å²) in [5, 5.41) is 7.92. The number of benzene rings is 3. The molecule has 8 nitrogen and oxygen atoms in total. The summed E-state index contributed by atoms with van der Waals surface area (Å²) in [6.45, 7) is 1.99. The molecule has 0 saturated carbocycles. The highest BCUT2D eigenvalue weighted by Crippen LogP contribution is 2.28. The van der Waals surface area contributed by atoms with Gasteiger partial charge in [-0.2, -0.15) is 5.10 Å². The van der Waals surface area contributed by atoms with Crippen molar-refractivity contribution in [2.45, 2.75) is 6.92 Å². The van der Waals surface area contributed by atoms with Crippen molar-refractivity contribution in [3.05, 3.63) is 101 Å². The van der Waals surface area contributed by atoms with Crippen molar-refractivity contribution in [2.75, 3.05) is 14.2 Å². The molecule has 0 fully saturated rings. The van der Waals surface area contributed by atoms with Crippen molar-refractivity contribution in [3.63, 3.8) is 0 Å². The van der Waals surface area contributed by atoms with E-state index in [0.29, 0.717) is 22.6 Å². The summed E-state index contributed by atoms with van der Waals surface area (Å²) in [5.74, 6) is 0.0495. The van der Waals surface area contributed by atoms with Crippen LogP contribution < -0.4 is 20.2 Å². The van der Waals surface area contributed by atoms with Gasteiger partial charge in [-0.3, -0.25) is 9.59 Å². The fraction of sp³-hybridized carbons (Fsp3) is 0.138. The standard InChI is InChI=1S/C29H28N4O4/c1-19-23(22-12-8-9-13-25(22)33(19)2)18-30-32-29(35)24(31-28(34)21-10-6-5-7-11-21)16-20-14-15-26(36-3)27(17-20)37-4/h5-18H,1-4H3,(H,31,34)(H,32,35). The Morgan fingerprint density at radius 3 is 2.35 bits per heavy atom. The minimum Gasteiger partial charge on any atom is -0.493 e. The third-order valence-electron chi connectivity index (χ3n) is 6.06. The van der Waals surface area contributed by atoms with E-state index in [1.165, 1.54) is 7.11 Å². The summed E-state index contributed by atoms with van der Waals surface area (Å²) < 4.78 is 12.7. The number of carbonyl (C=O) groups is 2. The topological polar surface area (TPSA) is 94.0 Å². The Bertz CT molecular complexity index is 1500. The number of nitrogens with zero attached hydrogens (tertiary/aromatic N) is 2. The number of fused-ring (bicyclic) bond motifs is 1. The molecule has 0 saturated heterocycles. The Labute approximate surface area is 215 Å². The molecule has 37 heavy (non-hydrogen) atoms. The van der Waals surface area contributed by atoms with Crippen LogP contribution in [0.3, 0.4) is 0 Å². The molecule has 3 aromatic carbocycles. The van der Waals surface area contributed by atoms with Crippen LogP contribution in [0.4, 0.5) is 0 Å². The summed E-state index contributed by atoms with van der Waals surface area (Å²) in [5.41, 5.74) is 6.59. The quantitative estimate of drug-likeness (QED) is 0.214. The van der Waals surface area contributed by atoms with Crippen LogP contribution in [-0.4, -0.2) is 36.8 Å². The molecule has 4 rings (SSSR count). The van der Waals surface area contributed by atoms with Gasteiger partial charge in [-0.1, -0.05) is 42.5 Å². The Kier molecular flexibility index (Phi) is 7.68. The maximum atomic E-state index is 13.2. The number of nitrogens with one attached hydrogen (secondary N) is 2. The number of aromatic nitrogens is 1. The number of aryl methyl sites for hydroxylation is 1. The zero-order valence-electron chi connectivity index (χ0n) is 21.1. The monoisotopic (exact) mass is 496 g/mol. The Balaban J connectivity index is 1.63. The van der Waals surface area contributed by atoms with Crippen LogP contribution in [0.25, 0.3) is 17.0 Å². The molecule has 1 heterocycles. The van der Waals surface area contributed by atoms with Crippen molar-refractivity contribution in [1.82, 2.24) is 15.3 Å². The first-order chi connectivity index (χ1) is 17.9. The van der Waals surface area contributed by atoms with Gasteiger partial charge in [0.1, 0.15) is 5.70 Å². The number of hydrazone groups is 1. The van der Waals surface area contributed by atoms with Gasteiger partial charge in [0.05, 0.1) is 20.4 Å². The van der Waals surface area contributed by atoms with E-state index in [-0.39, 0.29) is 5.70 Å². The van der Waals surface area contributed by atoms with Crippen LogP contribution in [-0.2, 0) is 11.8 Å². The van der Waals surface area contributed by atoms with Crippen LogP contribution in [0.5, 0.6) is 11.5 Å². The van der Waals surface area contributed by atoms with E-state index in [9.17, 15) is 9.59 Å². The van der Waals surface area contributed by atoms with Crippen molar-refractivity contribution in [3.8, 4) is 11.5 Å². The molecule has 0 aliphatic carbocycles. The summed E-state index contributed by atoms with van der Waals surface area (Å²) in [7, 11) is 5.05. The number of ether oxygens (including phenoxy) is 2. The highest BCUT2D eigenvalue weighted by molar-refractivity contribution is 6.06. The Morgan fingerprint density at radius 1 is 0.919 bits per heavy atom. The second-order valence-corrected chi connectivity index (χ2v) is 8.27. The largest absolute Gasteiger partial charge is 0.493 e. The van der Waals surface area contributed by atoms with E-state index >= 15 is 0 Å². The smallest absolute Gasteiger partial charge is 0.287 e. The summed E-state index contributed by atoms with van der Waals surface area (Å²) in [6.07, 6.45) is 3.17. The van der Waals surface area contributed by atoms with Crippen LogP contribution in [0.2, 0.25) is 0 Å². The molecule has 0 radical (unpaired) electrons. The molecule has 1 aromatic heterocycles. The first-order valence-corrected chi connectivity index (χ1v) is 11.6. The average Bonchev–Trinajstić information content (AvgIpc) is 3.17. The van der Waals surface area contributed by atoms with Crippen molar-refractivity contribution in [1.29, 1.82) is 0 Å². The van der Waals surface area contributed by atoms with Gasteiger partial charge in [0.15, 0.2) is 11.5 Å². The Morgan fingerprint density at radius 2 is 1.62 bits per heavy atom. The van der Waals surface area contributed by atoms with Gasteiger partial charge in [0, 0.05) is 34.8 Å². The normalized spacial score (nSPS) is 11.5. The highest BCUT2D eigenvalue weighted by atomic mass is 16.5. The average molecular weight is 497 g/mol. The molecule has 0 aliphatic rings. The van der Waals surface area contributed by atoms with E-state index in [4.69, 9.17) is 9.47 Å². The van der Waals surface area contributed by atoms with E-state index < -0.39 is 11.8 Å². The highest BCUT2D eigenvalue weighted by Gasteiger charge is 2.16. The fourth-order valence-electron chi connectivity index (χ4n) is 3.98. The molecule has 8 heteroatoms. The second kappa shape index (κ2) is 11.3. The lowest BCUT2D eigenvalue weighted by Crippen LogP contribution is -2.32. The molecule has 0 bridgehead atoms. The number of carbonyl (C=O) groups excluding carboxylic acids is 2. The minimum absolute atomic E-state index is 0.0212. The molecule has 0 atom stereocenters. The van der Waals surface area contributed by atoms with Crippen LogP contribution in [0.1, 0.15) is 27.2 Å². The predicted molar refractivity (Wildman–Crippen MR) is 145 cm³/mol. The third kappa shape index (κ3) is 5.54. The molecular weight excluding hydrogens is 468 g/mol. The molecule has 0 spiro atoms. The molecule has 0 aliphatic heterocycles. The summed E-state index contributed by atoms with van der Waals surface area (Å²) >= 11 is 0. The fourth-order valence-corrected chi connectivity index (χ4v) is 3.98. The van der Waals surface area contributed by atoms with Gasteiger partial charge in [-0.25, -0.2) is 5.43 Å². The first-order valence-electron chi connectivity index (χ1n) is 11.6. The first kappa shape index (κ1) is 25.2. The van der Waals surface area contributed by atoms with Crippen LogP contribution in [0.15, 0.2) is 83.6 Å². The maximum absolute atomic E-state index is 13.2. The predicted octanol–water partition coefficient (Wildman–Crippen LogP) is 4.43. The lowest BCUT2D eigenvalue weighted by Gasteiger charge is -2.11. The van der Waals surface area contributed by atoms with Crippen molar-refractivity contribution >= 4 is 35.0 Å². The summed E-state index contributed by atoms with van der Waals surface area (Å²) in [6, 6.07) is 21.8. The number of rotatable bonds is 8. The maximum Gasteiger partial charge on any atom is 0.287 e. The number of para-hydroxylation sites is 1. The molecule has 188 valence electrons. The van der Waals surface area contributed by atoms with Crippen molar-refractivity contribution < 1.29 is 19.1 Å². The number of methoxy groups -OCH3 is 2. The zero-order valence-corrected chi connectivity index (χ0v) is 21.1. The van der Waals surface area contributed by atoms with Gasteiger partial charge in [0.2, 0.25) is 0 Å². The zero-order chi connectivity index (χ0) is 26.4. The van der Waals surface area contributed by atoms with E-state index in [2.05, 4.69) is 20.4 Å². The number of hydrogen-bond acceptors (Lipinski definition) is 5. The van der Waals surface area contributed by atoms with Gasteiger partial charge < -0.3 is 19.4 Å². The molecular formula is C29H28N4O4. The lowest BCUT2D eigenvalue weighted by molar-refractivity contribution is -0.117. The molecule has 2 amide bonds. The third-order valence-corrected chi connectivity index (χ3v) is 6.06. The van der Waals surface area contributed by atoms with Crippen LogP contribution >= 0.6 is 0 Å². The van der Waals surface area contributed by atoms with Crippen LogP contribution in [0, 0.1) is 6.92 Å². The SMILES string of the molecule is COc1ccc(C=C(NC(=O)c2ccccc2)C(=O)NN=Cc2c(C)n(C)c3ccccc23)cc1OC. The number of amides is 2. The Hall–Kier alpha value is -4.85. The van der Waals surface area contributed by atoms with E-state index in [0.717, 1.165) is 22.2 Å². The van der Waals surface area contributed by atoms with Gasteiger partial charge in [0.25, 0.3) is 11.8 Å². The van der Waals surface area contributed by atoms with E-state index in [1.54, 1.807) is 61.9 Å². The molecule has 4 aromatic rings. The molecule has 0 unspecified atom stereocenters. The van der Waals surface area contributed by atoms with Crippen molar-refractivity contribution in [2.24, 2.45) is 12.1 Å². The van der Waals surface area contributed by atoms with Gasteiger partial charge in [-0.05, 0) is 48.9 Å². The molecule has 2 N–H and O–H groups in total. The summed E-state index contributed by atoms with van der Waals surface area (Å²) in [4.78, 5) is 26.0.